The summed E-state index contributed by atoms with van der Waals surface area (Å²) in [6, 6.07) is 13.0. The molecule has 2 aromatic rings. The highest BCUT2D eigenvalue weighted by Gasteiger charge is 2.13. The molecule has 0 spiro atoms. The zero-order chi connectivity index (χ0) is 17.7. The standard InChI is InChI=1S/C20H25NO3/c1-13(2)24-17-8-6-16(7-9-17)19(22)12-21-20(23)18-10-5-14(3)11-15(18)4/h5-11,13,19,22H,12H2,1-4H3,(H,21,23). The minimum Gasteiger partial charge on any atom is -0.491 e. The molecule has 0 aliphatic rings. The van der Waals surface area contributed by atoms with Crippen LogP contribution in [-0.4, -0.2) is 23.7 Å². The Labute approximate surface area is 143 Å². The fourth-order valence-electron chi connectivity index (χ4n) is 2.51. The summed E-state index contributed by atoms with van der Waals surface area (Å²) in [5.74, 6) is 0.589. The van der Waals surface area contributed by atoms with Crippen molar-refractivity contribution in [3.63, 3.8) is 0 Å². The van der Waals surface area contributed by atoms with Gasteiger partial charge in [-0.05, 0) is 57.0 Å². The number of hydrogen-bond acceptors (Lipinski definition) is 3. The Kier molecular flexibility index (Phi) is 5.99. The van der Waals surface area contributed by atoms with Crippen molar-refractivity contribution in [1.82, 2.24) is 5.32 Å². The van der Waals surface area contributed by atoms with Crippen molar-refractivity contribution < 1.29 is 14.6 Å². The quantitative estimate of drug-likeness (QED) is 0.853. The smallest absolute Gasteiger partial charge is 0.251 e. The number of rotatable bonds is 6. The predicted molar refractivity (Wildman–Crippen MR) is 95.4 cm³/mol. The van der Waals surface area contributed by atoms with Gasteiger partial charge >= 0.3 is 0 Å². The van der Waals surface area contributed by atoms with Crippen LogP contribution < -0.4 is 10.1 Å². The first kappa shape index (κ1) is 18.0. The number of aryl methyl sites for hydroxylation is 2. The van der Waals surface area contributed by atoms with E-state index in [9.17, 15) is 9.90 Å². The predicted octanol–water partition coefficient (Wildman–Crippen LogP) is 3.55. The summed E-state index contributed by atoms with van der Waals surface area (Å²) < 4.78 is 5.58. The van der Waals surface area contributed by atoms with Gasteiger partial charge < -0.3 is 15.2 Å². The van der Waals surface area contributed by atoms with Gasteiger partial charge in [0.05, 0.1) is 12.2 Å². The first-order valence-electron chi connectivity index (χ1n) is 8.17. The number of carbonyl (C=O) groups is 1. The van der Waals surface area contributed by atoms with Gasteiger partial charge in [-0.3, -0.25) is 4.79 Å². The Hall–Kier alpha value is -2.33. The van der Waals surface area contributed by atoms with Crippen molar-refractivity contribution >= 4 is 5.91 Å². The van der Waals surface area contributed by atoms with Gasteiger partial charge in [-0.1, -0.05) is 29.8 Å². The minimum atomic E-state index is -0.757. The molecule has 0 aromatic heterocycles. The number of nitrogens with one attached hydrogen (secondary N) is 1. The van der Waals surface area contributed by atoms with E-state index in [4.69, 9.17) is 4.74 Å². The molecule has 4 heteroatoms. The number of carbonyl (C=O) groups excluding carboxylic acids is 1. The lowest BCUT2D eigenvalue weighted by Crippen LogP contribution is -2.28. The van der Waals surface area contributed by atoms with Gasteiger partial charge in [0, 0.05) is 12.1 Å². The van der Waals surface area contributed by atoms with Crippen LogP contribution in [0.2, 0.25) is 0 Å². The fourth-order valence-corrected chi connectivity index (χ4v) is 2.51. The first-order chi connectivity index (χ1) is 11.4. The van der Waals surface area contributed by atoms with E-state index in [1.54, 1.807) is 0 Å². The van der Waals surface area contributed by atoms with E-state index in [0.717, 1.165) is 22.4 Å². The van der Waals surface area contributed by atoms with Crippen molar-refractivity contribution in [3.05, 3.63) is 64.7 Å². The van der Waals surface area contributed by atoms with E-state index in [1.165, 1.54) is 0 Å². The average Bonchev–Trinajstić information content (AvgIpc) is 2.52. The zero-order valence-corrected chi connectivity index (χ0v) is 14.7. The minimum absolute atomic E-state index is 0.109. The molecule has 2 N–H and O–H groups in total. The number of benzene rings is 2. The third-order valence-corrected chi connectivity index (χ3v) is 3.72. The van der Waals surface area contributed by atoms with E-state index in [2.05, 4.69) is 5.32 Å². The lowest BCUT2D eigenvalue weighted by Gasteiger charge is -2.15. The molecule has 0 saturated carbocycles. The van der Waals surface area contributed by atoms with Gasteiger partial charge in [-0.2, -0.15) is 0 Å². The molecule has 1 atom stereocenters. The van der Waals surface area contributed by atoms with Crippen LogP contribution in [0, 0.1) is 13.8 Å². The Morgan fingerprint density at radius 2 is 1.79 bits per heavy atom. The SMILES string of the molecule is Cc1ccc(C(=O)NCC(O)c2ccc(OC(C)C)cc2)c(C)c1. The normalized spacial score (nSPS) is 12.1. The summed E-state index contributed by atoms with van der Waals surface area (Å²) in [6.07, 6.45) is -0.648. The maximum atomic E-state index is 12.2. The summed E-state index contributed by atoms with van der Waals surface area (Å²) >= 11 is 0. The zero-order valence-electron chi connectivity index (χ0n) is 14.7. The van der Waals surface area contributed by atoms with Crippen LogP contribution in [0.25, 0.3) is 0 Å². The van der Waals surface area contributed by atoms with Crippen molar-refractivity contribution in [2.45, 2.75) is 39.9 Å². The molecule has 0 heterocycles. The number of ether oxygens (including phenoxy) is 1. The molecule has 0 fully saturated rings. The van der Waals surface area contributed by atoms with E-state index in [0.29, 0.717) is 5.56 Å². The molecule has 1 amide bonds. The molecule has 0 aliphatic heterocycles. The second-order valence-corrected chi connectivity index (χ2v) is 6.28. The second kappa shape index (κ2) is 7.97. The number of amides is 1. The summed E-state index contributed by atoms with van der Waals surface area (Å²) in [4.78, 5) is 12.2. The fraction of sp³-hybridized carbons (Fsp3) is 0.350. The van der Waals surface area contributed by atoms with Crippen LogP contribution in [0.5, 0.6) is 5.75 Å². The molecule has 2 aromatic carbocycles. The molecule has 24 heavy (non-hydrogen) atoms. The monoisotopic (exact) mass is 327 g/mol. The Bertz CT molecular complexity index is 693. The Balaban J connectivity index is 1.94. The Morgan fingerprint density at radius 1 is 1.12 bits per heavy atom. The largest absolute Gasteiger partial charge is 0.491 e. The molecule has 1 unspecified atom stereocenters. The van der Waals surface area contributed by atoms with Crippen molar-refractivity contribution in [1.29, 1.82) is 0 Å². The van der Waals surface area contributed by atoms with Crippen molar-refractivity contribution in [3.8, 4) is 5.75 Å². The van der Waals surface area contributed by atoms with Gasteiger partial charge in [-0.15, -0.1) is 0 Å². The van der Waals surface area contributed by atoms with Crippen LogP contribution in [0.3, 0.4) is 0 Å². The summed E-state index contributed by atoms with van der Waals surface area (Å²) in [5.41, 5.74) is 3.42. The molecular weight excluding hydrogens is 302 g/mol. The molecule has 2 rings (SSSR count). The maximum Gasteiger partial charge on any atom is 0.251 e. The molecule has 128 valence electrons. The lowest BCUT2D eigenvalue weighted by atomic mass is 10.0. The van der Waals surface area contributed by atoms with Crippen LogP contribution in [0.1, 0.15) is 47.0 Å². The van der Waals surface area contributed by atoms with Gasteiger partial charge in [0.15, 0.2) is 0 Å². The number of aliphatic hydroxyl groups is 1. The topological polar surface area (TPSA) is 58.6 Å². The summed E-state index contributed by atoms with van der Waals surface area (Å²) in [7, 11) is 0. The van der Waals surface area contributed by atoms with E-state index >= 15 is 0 Å². The molecule has 0 aliphatic carbocycles. The summed E-state index contributed by atoms with van der Waals surface area (Å²) in [5, 5.41) is 13.0. The molecule has 4 nitrogen and oxygen atoms in total. The van der Waals surface area contributed by atoms with Gasteiger partial charge in [0.25, 0.3) is 5.91 Å². The second-order valence-electron chi connectivity index (χ2n) is 6.28. The van der Waals surface area contributed by atoms with E-state index in [1.807, 2.05) is 70.2 Å². The third-order valence-electron chi connectivity index (χ3n) is 3.72. The van der Waals surface area contributed by atoms with E-state index < -0.39 is 6.10 Å². The number of hydrogen-bond donors (Lipinski definition) is 2. The van der Waals surface area contributed by atoms with Gasteiger partial charge in [0.2, 0.25) is 0 Å². The summed E-state index contributed by atoms with van der Waals surface area (Å²) in [6.45, 7) is 7.99. The number of aliphatic hydroxyl groups excluding tert-OH is 1. The molecular formula is C20H25NO3. The van der Waals surface area contributed by atoms with Crippen molar-refractivity contribution in [2.24, 2.45) is 0 Å². The van der Waals surface area contributed by atoms with Crippen LogP contribution in [0.4, 0.5) is 0 Å². The first-order valence-corrected chi connectivity index (χ1v) is 8.17. The lowest BCUT2D eigenvalue weighted by molar-refractivity contribution is 0.0915. The van der Waals surface area contributed by atoms with Crippen LogP contribution >= 0.6 is 0 Å². The average molecular weight is 327 g/mol. The third kappa shape index (κ3) is 4.83. The van der Waals surface area contributed by atoms with E-state index in [-0.39, 0.29) is 18.6 Å². The van der Waals surface area contributed by atoms with Gasteiger partial charge in [-0.25, -0.2) is 0 Å². The maximum absolute atomic E-state index is 12.2. The molecule has 0 radical (unpaired) electrons. The molecule has 0 bridgehead atoms. The highest BCUT2D eigenvalue weighted by molar-refractivity contribution is 5.95. The Morgan fingerprint density at radius 3 is 2.38 bits per heavy atom. The van der Waals surface area contributed by atoms with Crippen molar-refractivity contribution in [2.75, 3.05) is 6.54 Å². The highest BCUT2D eigenvalue weighted by Crippen LogP contribution is 2.18. The van der Waals surface area contributed by atoms with Crippen LogP contribution in [0.15, 0.2) is 42.5 Å². The molecule has 0 saturated heterocycles. The van der Waals surface area contributed by atoms with Crippen LogP contribution in [-0.2, 0) is 0 Å². The highest BCUT2D eigenvalue weighted by atomic mass is 16.5. The van der Waals surface area contributed by atoms with Gasteiger partial charge in [0.1, 0.15) is 5.75 Å².